The van der Waals surface area contributed by atoms with Crippen molar-refractivity contribution in [2.45, 2.75) is 6.92 Å². The molecule has 2 aromatic heterocycles. The topological polar surface area (TPSA) is 22.8 Å². The van der Waals surface area contributed by atoms with Crippen LogP contribution in [0.3, 0.4) is 0 Å². The Hall–Kier alpha value is -1.77. The predicted molar refractivity (Wildman–Crippen MR) is 61.9 cm³/mol. The van der Waals surface area contributed by atoms with Crippen molar-refractivity contribution in [1.82, 2.24) is 14.1 Å². The fourth-order valence-corrected chi connectivity index (χ4v) is 2.24. The largest absolute Gasteiger partial charge is 0.328 e. The monoisotopic (exact) mass is 199 g/mol. The number of para-hydroxylation sites is 1. The normalized spacial score (nSPS) is 11.7. The Balaban J connectivity index is 2.67. The first-order chi connectivity index (χ1) is 7.20. The number of hydrogen-bond acceptors (Lipinski definition) is 1. The molecule has 1 aromatic carbocycles. The molecule has 0 fully saturated rings. The highest BCUT2D eigenvalue weighted by Gasteiger charge is 2.13. The standard InChI is InChI=1S/C12H13N3/c1-8-13-11-9-6-4-5-7-10(9)15(3)12(11)14(8)2/h4-7H,1-3H3. The summed E-state index contributed by atoms with van der Waals surface area (Å²) in [5.41, 5.74) is 3.53. The zero-order chi connectivity index (χ0) is 10.6. The van der Waals surface area contributed by atoms with Gasteiger partial charge in [0.1, 0.15) is 17.0 Å². The van der Waals surface area contributed by atoms with Crippen LogP contribution in [0.2, 0.25) is 0 Å². The lowest BCUT2D eigenvalue weighted by Crippen LogP contribution is -1.97. The van der Waals surface area contributed by atoms with Crippen molar-refractivity contribution in [3.05, 3.63) is 30.1 Å². The molecular formula is C12H13N3. The van der Waals surface area contributed by atoms with Crippen molar-refractivity contribution in [3.63, 3.8) is 0 Å². The highest BCUT2D eigenvalue weighted by atomic mass is 15.2. The van der Waals surface area contributed by atoms with Gasteiger partial charge in [0.2, 0.25) is 0 Å². The third kappa shape index (κ3) is 0.923. The van der Waals surface area contributed by atoms with Crippen LogP contribution in [0, 0.1) is 6.92 Å². The van der Waals surface area contributed by atoms with E-state index in [1.54, 1.807) is 0 Å². The van der Waals surface area contributed by atoms with Crippen LogP contribution in [0.1, 0.15) is 5.82 Å². The first-order valence-electron chi connectivity index (χ1n) is 5.06. The van der Waals surface area contributed by atoms with Gasteiger partial charge in [0, 0.05) is 19.5 Å². The molecule has 0 saturated heterocycles. The van der Waals surface area contributed by atoms with Crippen LogP contribution in [0.15, 0.2) is 24.3 Å². The number of rotatable bonds is 0. The molecule has 2 heterocycles. The summed E-state index contributed by atoms with van der Waals surface area (Å²) in [6, 6.07) is 8.39. The smallest absolute Gasteiger partial charge is 0.141 e. The van der Waals surface area contributed by atoms with E-state index in [1.165, 1.54) is 16.6 Å². The molecule has 0 aliphatic heterocycles. The Morgan fingerprint density at radius 2 is 1.80 bits per heavy atom. The zero-order valence-electron chi connectivity index (χ0n) is 9.15. The minimum atomic E-state index is 1.06. The summed E-state index contributed by atoms with van der Waals surface area (Å²) < 4.78 is 4.33. The Bertz CT molecular complexity index is 658. The number of nitrogens with zero attached hydrogens (tertiary/aromatic N) is 3. The summed E-state index contributed by atoms with van der Waals surface area (Å²) in [6.45, 7) is 2.04. The van der Waals surface area contributed by atoms with E-state index in [9.17, 15) is 0 Å². The van der Waals surface area contributed by atoms with Gasteiger partial charge in [-0.15, -0.1) is 0 Å². The lowest BCUT2D eigenvalue weighted by molar-refractivity contribution is 0.838. The molecule has 0 N–H and O–H groups in total. The molecule has 3 aromatic rings. The maximum Gasteiger partial charge on any atom is 0.141 e. The fraction of sp³-hybridized carbons (Fsp3) is 0.250. The van der Waals surface area contributed by atoms with Crippen LogP contribution >= 0.6 is 0 Å². The summed E-state index contributed by atoms with van der Waals surface area (Å²) in [6.07, 6.45) is 0. The van der Waals surface area contributed by atoms with Crippen molar-refractivity contribution < 1.29 is 0 Å². The maximum atomic E-state index is 4.60. The number of imidazole rings is 1. The van der Waals surface area contributed by atoms with Crippen molar-refractivity contribution in [3.8, 4) is 0 Å². The van der Waals surface area contributed by atoms with Crippen LogP contribution in [0.5, 0.6) is 0 Å². The Morgan fingerprint density at radius 1 is 1.07 bits per heavy atom. The first-order valence-corrected chi connectivity index (χ1v) is 5.06. The number of aromatic nitrogens is 3. The summed E-state index contributed by atoms with van der Waals surface area (Å²) in [4.78, 5) is 4.60. The molecule has 0 bridgehead atoms. The van der Waals surface area contributed by atoms with Gasteiger partial charge in [-0.05, 0) is 13.0 Å². The van der Waals surface area contributed by atoms with Gasteiger partial charge in [-0.1, -0.05) is 18.2 Å². The van der Waals surface area contributed by atoms with Crippen LogP contribution in [-0.2, 0) is 14.1 Å². The highest BCUT2D eigenvalue weighted by molar-refractivity contribution is 6.04. The van der Waals surface area contributed by atoms with E-state index < -0.39 is 0 Å². The molecular weight excluding hydrogens is 186 g/mol. The molecule has 15 heavy (non-hydrogen) atoms. The molecule has 0 aliphatic carbocycles. The third-order valence-corrected chi connectivity index (χ3v) is 3.13. The average molecular weight is 199 g/mol. The van der Waals surface area contributed by atoms with Gasteiger partial charge in [-0.25, -0.2) is 4.98 Å². The second-order valence-corrected chi connectivity index (χ2v) is 3.97. The molecule has 0 atom stereocenters. The second kappa shape index (κ2) is 2.63. The van der Waals surface area contributed by atoms with Gasteiger partial charge in [0.15, 0.2) is 0 Å². The molecule has 0 saturated carbocycles. The molecule has 0 spiro atoms. The molecule has 0 unspecified atom stereocenters. The summed E-state index contributed by atoms with van der Waals surface area (Å²) >= 11 is 0. The van der Waals surface area contributed by atoms with Crippen molar-refractivity contribution in [2.75, 3.05) is 0 Å². The molecule has 0 amide bonds. The fourth-order valence-electron chi connectivity index (χ4n) is 2.24. The highest BCUT2D eigenvalue weighted by Crippen LogP contribution is 2.27. The van der Waals surface area contributed by atoms with E-state index in [0.717, 1.165) is 11.3 Å². The van der Waals surface area contributed by atoms with Crippen molar-refractivity contribution in [2.24, 2.45) is 14.1 Å². The quantitative estimate of drug-likeness (QED) is 0.545. The Morgan fingerprint density at radius 3 is 2.60 bits per heavy atom. The molecule has 3 rings (SSSR count). The molecule has 76 valence electrons. The second-order valence-electron chi connectivity index (χ2n) is 3.97. The van der Waals surface area contributed by atoms with Crippen LogP contribution in [0.25, 0.3) is 22.1 Å². The number of benzene rings is 1. The van der Waals surface area contributed by atoms with Gasteiger partial charge >= 0.3 is 0 Å². The lowest BCUT2D eigenvalue weighted by atomic mass is 10.2. The van der Waals surface area contributed by atoms with E-state index in [1.807, 2.05) is 6.92 Å². The average Bonchev–Trinajstić information content (AvgIpc) is 2.68. The van der Waals surface area contributed by atoms with Crippen LogP contribution in [-0.4, -0.2) is 14.1 Å². The van der Waals surface area contributed by atoms with Gasteiger partial charge in [-0.2, -0.15) is 0 Å². The molecule has 3 heteroatoms. The van der Waals surface area contributed by atoms with E-state index in [2.05, 4.69) is 52.5 Å². The molecule has 0 radical (unpaired) electrons. The maximum absolute atomic E-state index is 4.60. The SMILES string of the molecule is Cc1nc2c3ccccc3n(C)c2n1C. The third-order valence-electron chi connectivity index (χ3n) is 3.13. The van der Waals surface area contributed by atoms with E-state index >= 15 is 0 Å². The lowest BCUT2D eigenvalue weighted by Gasteiger charge is -2.00. The number of aryl methyl sites for hydroxylation is 3. The molecule has 3 nitrogen and oxygen atoms in total. The van der Waals surface area contributed by atoms with Crippen molar-refractivity contribution >= 4 is 22.1 Å². The summed E-state index contributed by atoms with van der Waals surface area (Å²) in [5, 5.41) is 1.23. The Labute approximate surface area is 87.9 Å². The van der Waals surface area contributed by atoms with Crippen LogP contribution in [0.4, 0.5) is 0 Å². The zero-order valence-corrected chi connectivity index (χ0v) is 9.15. The van der Waals surface area contributed by atoms with E-state index in [-0.39, 0.29) is 0 Å². The first kappa shape index (κ1) is 8.53. The van der Waals surface area contributed by atoms with Gasteiger partial charge < -0.3 is 9.13 Å². The van der Waals surface area contributed by atoms with Gasteiger partial charge in [0.05, 0.1) is 5.52 Å². The summed E-state index contributed by atoms with van der Waals surface area (Å²) in [5.74, 6) is 1.06. The summed E-state index contributed by atoms with van der Waals surface area (Å²) in [7, 11) is 4.15. The van der Waals surface area contributed by atoms with Gasteiger partial charge in [0.25, 0.3) is 0 Å². The number of hydrogen-bond donors (Lipinski definition) is 0. The Kier molecular flexibility index (Phi) is 1.49. The molecule has 0 aliphatic rings. The van der Waals surface area contributed by atoms with Gasteiger partial charge in [-0.3, -0.25) is 0 Å². The van der Waals surface area contributed by atoms with E-state index in [0.29, 0.717) is 0 Å². The minimum Gasteiger partial charge on any atom is -0.328 e. The minimum absolute atomic E-state index is 1.06. The van der Waals surface area contributed by atoms with E-state index in [4.69, 9.17) is 0 Å². The number of fused-ring (bicyclic) bond motifs is 3. The predicted octanol–water partition coefficient (Wildman–Crippen LogP) is 2.37. The van der Waals surface area contributed by atoms with Crippen LogP contribution < -0.4 is 0 Å². The van der Waals surface area contributed by atoms with Crippen molar-refractivity contribution in [1.29, 1.82) is 0 Å².